The minimum atomic E-state index is -0.483. The van der Waals surface area contributed by atoms with E-state index in [4.69, 9.17) is 10.00 Å². The first-order valence-electron chi connectivity index (χ1n) is 4.35. The van der Waals surface area contributed by atoms with Crippen LogP contribution in [0.4, 0.5) is 0 Å². The number of carbonyl (C=O) groups excluding carboxylic acids is 1. The molecule has 3 heteroatoms. The first-order valence-corrected chi connectivity index (χ1v) is 4.35. The third-order valence-electron chi connectivity index (χ3n) is 1.80. The second kappa shape index (κ2) is 5.03. The maximum absolute atomic E-state index is 11.0. The Labute approximate surface area is 82.9 Å². The lowest BCUT2D eigenvalue weighted by molar-refractivity contribution is -0.147. The molecule has 1 atom stereocenters. The van der Waals surface area contributed by atoms with Crippen LogP contribution in [0.5, 0.6) is 0 Å². The number of ether oxygens (including phenoxy) is 1. The van der Waals surface area contributed by atoms with Crippen LogP contribution < -0.4 is 0 Å². The molecule has 1 aromatic rings. The van der Waals surface area contributed by atoms with E-state index < -0.39 is 5.97 Å². The third-order valence-corrected chi connectivity index (χ3v) is 1.80. The van der Waals surface area contributed by atoms with Crippen LogP contribution >= 0.6 is 0 Å². The Morgan fingerprint density at radius 3 is 2.71 bits per heavy atom. The lowest BCUT2D eigenvalue weighted by Crippen LogP contribution is -2.07. The van der Waals surface area contributed by atoms with E-state index in [-0.39, 0.29) is 12.5 Å². The topological polar surface area (TPSA) is 50.1 Å². The van der Waals surface area contributed by atoms with Crippen LogP contribution in [0.1, 0.15) is 25.0 Å². The molecule has 1 aromatic carbocycles. The Bertz CT molecular complexity index is 340. The van der Waals surface area contributed by atoms with Gasteiger partial charge in [0.1, 0.15) is 12.5 Å². The lowest BCUT2D eigenvalue weighted by atomic mass is 10.1. The molecule has 0 amide bonds. The molecule has 0 N–H and O–H groups in total. The van der Waals surface area contributed by atoms with Gasteiger partial charge in [0.05, 0.1) is 6.07 Å². The summed E-state index contributed by atoms with van der Waals surface area (Å²) in [6.45, 7) is 1.78. The molecular formula is C11H11NO2. The van der Waals surface area contributed by atoms with Crippen molar-refractivity contribution in [3.8, 4) is 6.07 Å². The fraction of sp³-hybridized carbons (Fsp3) is 0.273. The van der Waals surface area contributed by atoms with Crippen molar-refractivity contribution in [3.05, 3.63) is 35.9 Å². The van der Waals surface area contributed by atoms with Gasteiger partial charge in [-0.25, -0.2) is 0 Å². The van der Waals surface area contributed by atoms with Crippen LogP contribution in [-0.4, -0.2) is 5.97 Å². The summed E-state index contributed by atoms with van der Waals surface area (Å²) in [6.07, 6.45) is -0.492. The SMILES string of the molecule is CC(OC(=O)CC#N)c1ccccc1. The van der Waals surface area contributed by atoms with Crippen molar-refractivity contribution in [2.45, 2.75) is 19.4 Å². The van der Waals surface area contributed by atoms with Gasteiger partial charge in [-0.1, -0.05) is 30.3 Å². The first-order chi connectivity index (χ1) is 6.74. The Morgan fingerprint density at radius 2 is 2.14 bits per heavy atom. The Morgan fingerprint density at radius 1 is 1.50 bits per heavy atom. The molecule has 0 aliphatic carbocycles. The van der Waals surface area contributed by atoms with E-state index in [1.807, 2.05) is 30.3 Å². The molecule has 14 heavy (non-hydrogen) atoms. The number of hydrogen-bond acceptors (Lipinski definition) is 3. The molecule has 1 rings (SSSR count). The predicted molar refractivity (Wildman–Crippen MR) is 51.2 cm³/mol. The van der Waals surface area contributed by atoms with Crippen LogP contribution in [0.25, 0.3) is 0 Å². The van der Waals surface area contributed by atoms with Crippen LogP contribution in [0.3, 0.4) is 0 Å². The van der Waals surface area contributed by atoms with E-state index in [0.717, 1.165) is 5.56 Å². The van der Waals surface area contributed by atoms with Crippen molar-refractivity contribution < 1.29 is 9.53 Å². The van der Waals surface area contributed by atoms with Crippen molar-refractivity contribution in [1.29, 1.82) is 5.26 Å². The summed E-state index contributed by atoms with van der Waals surface area (Å²) >= 11 is 0. The zero-order valence-electron chi connectivity index (χ0n) is 7.93. The quantitative estimate of drug-likeness (QED) is 0.685. The van der Waals surface area contributed by atoms with Crippen molar-refractivity contribution in [2.75, 3.05) is 0 Å². The number of nitrogens with zero attached hydrogens (tertiary/aromatic N) is 1. The number of benzene rings is 1. The van der Waals surface area contributed by atoms with Gasteiger partial charge in [-0.15, -0.1) is 0 Å². The van der Waals surface area contributed by atoms with E-state index in [2.05, 4.69) is 0 Å². The molecule has 0 radical (unpaired) electrons. The molecule has 0 saturated heterocycles. The van der Waals surface area contributed by atoms with Crippen molar-refractivity contribution in [1.82, 2.24) is 0 Å². The summed E-state index contributed by atoms with van der Waals surface area (Å²) in [6, 6.07) is 11.2. The highest BCUT2D eigenvalue weighted by atomic mass is 16.5. The number of hydrogen-bond donors (Lipinski definition) is 0. The molecule has 0 bridgehead atoms. The number of rotatable bonds is 3. The fourth-order valence-electron chi connectivity index (χ4n) is 1.10. The molecule has 3 nitrogen and oxygen atoms in total. The number of nitriles is 1. The summed E-state index contributed by atoms with van der Waals surface area (Å²) < 4.78 is 5.02. The maximum atomic E-state index is 11.0. The van der Waals surface area contributed by atoms with Crippen LogP contribution in [-0.2, 0) is 9.53 Å². The Hall–Kier alpha value is -1.82. The standard InChI is InChI=1S/C11H11NO2/c1-9(14-11(13)7-8-12)10-5-3-2-4-6-10/h2-6,9H,7H2,1H3. The number of esters is 1. The average molecular weight is 189 g/mol. The predicted octanol–water partition coefficient (Wildman–Crippen LogP) is 2.20. The Balaban J connectivity index is 2.56. The second-order valence-corrected chi connectivity index (χ2v) is 2.88. The van der Waals surface area contributed by atoms with Gasteiger partial charge in [0.25, 0.3) is 0 Å². The van der Waals surface area contributed by atoms with E-state index in [1.165, 1.54) is 0 Å². The number of carbonyl (C=O) groups is 1. The van der Waals surface area contributed by atoms with Crippen molar-refractivity contribution in [3.63, 3.8) is 0 Å². The summed E-state index contributed by atoms with van der Waals surface area (Å²) in [4.78, 5) is 11.0. The van der Waals surface area contributed by atoms with Crippen molar-refractivity contribution in [2.24, 2.45) is 0 Å². The Kier molecular flexibility index (Phi) is 3.69. The zero-order chi connectivity index (χ0) is 10.4. The van der Waals surface area contributed by atoms with Crippen LogP contribution in [0.15, 0.2) is 30.3 Å². The van der Waals surface area contributed by atoms with Gasteiger partial charge in [0.2, 0.25) is 0 Å². The first kappa shape index (κ1) is 10.3. The monoisotopic (exact) mass is 189 g/mol. The van der Waals surface area contributed by atoms with Gasteiger partial charge in [0, 0.05) is 0 Å². The van der Waals surface area contributed by atoms with Gasteiger partial charge in [0.15, 0.2) is 0 Å². The maximum Gasteiger partial charge on any atom is 0.320 e. The van der Waals surface area contributed by atoms with E-state index >= 15 is 0 Å². The van der Waals surface area contributed by atoms with Crippen LogP contribution in [0.2, 0.25) is 0 Å². The smallest absolute Gasteiger partial charge is 0.320 e. The largest absolute Gasteiger partial charge is 0.457 e. The summed E-state index contributed by atoms with van der Waals surface area (Å²) in [5, 5.41) is 8.27. The van der Waals surface area contributed by atoms with Gasteiger partial charge in [-0.2, -0.15) is 5.26 Å². The molecule has 0 aliphatic rings. The summed E-state index contributed by atoms with van der Waals surface area (Å²) in [7, 11) is 0. The zero-order valence-corrected chi connectivity index (χ0v) is 7.93. The molecule has 0 spiro atoms. The molecule has 0 saturated carbocycles. The highest BCUT2D eigenvalue weighted by Gasteiger charge is 2.10. The van der Waals surface area contributed by atoms with Gasteiger partial charge >= 0.3 is 5.97 Å². The van der Waals surface area contributed by atoms with Gasteiger partial charge in [-0.3, -0.25) is 4.79 Å². The molecule has 0 aliphatic heterocycles. The normalized spacial score (nSPS) is 11.4. The average Bonchev–Trinajstić information content (AvgIpc) is 2.19. The molecular weight excluding hydrogens is 178 g/mol. The third kappa shape index (κ3) is 2.91. The minimum absolute atomic E-state index is 0.197. The van der Waals surface area contributed by atoms with E-state index in [1.54, 1.807) is 13.0 Å². The van der Waals surface area contributed by atoms with Gasteiger partial charge in [-0.05, 0) is 12.5 Å². The van der Waals surface area contributed by atoms with E-state index in [9.17, 15) is 4.79 Å². The molecule has 0 fully saturated rings. The second-order valence-electron chi connectivity index (χ2n) is 2.88. The minimum Gasteiger partial charge on any atom is -0.457 e. The lowest BCUT2D eigenvalue weighted by Gasteiger charge is -2.11. The fourth-order valence-corrected chi connectivity index (χ4v) is 1.10. The van der Waals surface area contributed by atoms with Crippen LogP contribution in [0, 0.1) is 11.3 Å². The highest BCUT2D eigenvalue weighted by molar-refractivity contribution is 5.72. The molecule has 1 unspecified atom stereocenters. The molecule has 72 valence electrons. The highest BCUT2D eigenvalue weighted by Crippen LogP contribution is 2.16. The van der Waals surface area contributed by atoms with Crippen molar-refractivity contribution >= 4 is 5.97 Å². The summed E-state index contributed by atoms with van der Waals surface area (Å²) in [5.41, 5.74) is 0.929. The summed E-state index contributed by atoms with van der Waals surface area (Å²) in [5.74, 6) is -0.483. The van der Waals surface area contributed by atoms with E-state index in [0.29, 0.717) is 0 Å². The van der Waals surface area contributed by atoms with Gasteiger partial charge < -0.3 is 4.74 Å². The molecule has 0 heterocycles. The molecule has 0 aromatic heterocycles.